The van der Waals surface area contributed by atoms with E-state index in [1.807, 2.05) is 24.3 Å². The lowest BCUT2D eigenvalue weighted by Gasteiger charge is -2.15. The van der Waals surface area contributed by atoms with E-state index in [2.05, 4.69) is 26.1 Å². The smallest absolute Gasteiger partial charge is 0.258 e. The van der Waals surface area contributed by atoms with Gasteiger partial charge in [-0.3, -0.25) is 4.79 Å². The molecule has 0 heterocycles. The van der Waals surface area contributed by atoms with E-state index in [-0.39, 0.29) is 24.6 Å². The van der Waals surface area contributed by atoms with E-state index in [1.165, 1.54) is 0 Å². The second-order valence-corrected chi connectivity index (χ2v) is 4.95. The number of nitrogens with two attached hydrogens (primary N) is 1. The van der Waals surface area contributed by atoms with E-state index in [1.54, 1.807) is 0 Å². The number of benzene rings is 1. The summed E-state index contributed by atoms with van der Waals surface area (Å²) in [6, 6.07) is 7.90. The van der Waals surface area contributed by atoms with Gasteiger partial charge in [0.15, 0.2) is 6.61 Å². The van der Waals surface area contributed by atoms with Crippen molar-refractivity contribution < 1.29 is 9.53 Å². The highest BCUT2D eigenvalue weighted by Gasteiger charge is 2.09. The Morgan fingerprint density at radius 3 is 2.25 bits per heavy atom. The number of amides is 1. The first-order valence-corrected chi connectivity index (χ1v) is 7.38. The minimum atomic E-state index is -0.0759. The Morgan fingerprint density at radius 1 is 1.15 bits per heavy atom. The van der Waals surface area contributed by atoms with E-state index < -0.39 is 0 Å². The summed E-state index contributed by atoms with van der Waals surface area (Å²) in [6.07, 6.45) is 2.77. The molecule has 0 spiro atoms. The molecule has 0 aliphatic carbocycles. The Labute approximate surface area is 121 Å². The first-order chi connectivity index (χ1) is 9.60. The van der Waals surface area contributed by atoms with E-state index in [0.717, 1.165) is 24.8 Å². The molecule has 0 aliphatic rings. The molecule has 4 nitrogen and oxygen atoms in total. The van der Waals surface area contributed by atoms with Crippen molar-refractivity contribution in [1.82, 2.24) is 5.32 Å². The van der Waals surface area contributed by atoms with E-state index in [4.69, 9.17) is 10.5 Å². The maximum atomic E-state index is 11.7. The summed E-state index contributed by atoms with van der Waals surface area (Å²) in [5.41, 5.74) is 7.03. The fourth-order valence-corrected chi connectivity index (χ4v) is 1.96. The largest absolute Gasteiger partial charge is 0.484 e. The summed E-state index contributed by atoms with van der Waals surface area (Å²) in [6.45, 7) is 6.23. The Kier molecular flexibility index (Phi) is 7.09. The first-order valence-electron chi connectivity index (χ1n) is 7.38. The zero-order valence-electron chi connectivity index (χ0n) is 12.7. The Bertz CT molecular complexity index is 399. The van der Waals surface area contributed by atoms with Crippen molar-refractivity contribution in [2.45, 2.75) is 52.1 Å². The van der Waals surface area contributed by atoms with Gasteiger partial charge in [-0.1, -0.05) is 32.9 Å². The molecule has 1 rings (SSSR count). The molecule has 0 unspecified atom stereocenters. The van der Waals surface area contributed by atoms with Crippen molar-refractivity contribution in [2.24, 2.45) is 5.73 Å². The van der Waals surface area contributed by atoms with Crippen LogP contribution in [0.3, 0.4) is 0 Å². The van der Waals surface area contributed by atoms with E-state index in [9.17, 15) is 4.79 Å². The number of rotatable bonds is 8. The second-order valence-electron chi connectivity index (χ2n) is 4.95. The second kappa shape index (κ2) is 8.59. The zero-order chi connectivity index (χ0) is 15.0. The van der Waals surface area contributed by atoms with Crippen LogP contribution in [0.5, 0.6) is 5.75 Å². The normalized spacial score (nSPS) is 12.2. The van der Waals surface area contributed by atoms with Crippen molar-refractivity contribution >= 4 is 5.91 Å². The minimum absolute atomic E-state index is 0.0513. The van der Waals surface area contributed by atoms with Gasteiger partial charge in [-0.05, 0) is 37.0 Å². The summed E-state index contributed by atoms with van der Waals surface area (Å²) in [5, 5.41) is 2.94. The van der Waals surface area contributed by atoms with Gasteiger partial charge in [0.05, 0.1) is 0 Å². The molecule has 20 heavy (non-hydrogen) atoms. The highest BCUT2D eigenvalue weighted by Crippen LogP contribution is 2.18. The van der Waals surface area contributed by atoms with Crippen LogP contribution in [-0.2, 0) is 4.79 Å². The van der Waals surface area contributed by atoms with Gasteiger partial charge in [-0.25, -0.2) is 0 Å². The Hall–Kier alpha value is -1.55. The Balaban J connectivity index is 2.43. The zero-order valence-corrected chi connectivity index (χ0v) is 12.7. The molecule has 1 aromatic carbocycles. The summed E-state index contributed by atoms with van der Waals surface area (Å²) in [7, 11) is 0. The van der Waals surface area contributed by atoms with Crippen molar-refractivity contribution in [1.29, 1.82) is 0 Å². The SMILES string of the molecule is CCC(CC)NC(=O)COc1ccc([C@@H](N)CC)cc1. The molecule has 0 bridgehead atoms. The molecule has 0 aromatic heterocycles. The fourth-order valence-electron chi connectivity index (χ4n) is 1.96. The van der Waals surface area contributed by atoms with Crippen molar-refractivity contribution in [3.8, 4) is 5.75 Å². The van der Waals surface area contributed by atoms with E-state index in [0.29, 0.717) is 5.75 Å². The molecule has 0 radical (unpaired) electrons. The summed E-state index contributed by atoms with van der Waals surface area (Å²) in [5.74, 6) is 0.616. The van der Waals surface area contributed by atoms with Crippen LogP contribution in [-0.4, -0.2) is 18.6 Å². The van der Waals surface area contributed by atoms with Gasteiger partial charge >= 0.3 is 0 Å². The average molecular weight is 278 g/mol. The lowest BCUT2D eigenvalue weighted by atomic mass is 10.1. The van der Waals surface area contributed by atoms with Crippen LogP contribution >= 0.6 is 0 Å². The standard InChI is InChI=1S/C16H26N2O2/c1-4-13(5-2)18-16(19)11-20-14-9-7-12(8-10-14)15(17)6-3/h7-10,13,15H,4-6,11,17H2,1-3H3,(H,18,19)/t15-/m0/s1. The van der Waals surface area contributed by atoms with Crippen LogP contribution in [0, 0.1) is 0 Å². The lowest BCUT2D eigenvalue weighted by molar-refractivity contribution is -0.123. The summed E-state index contributed by atoms with van der Waals surface area (Å²) in [4.78, 5) is 11.7. The molecule has 1 aromatic rings. The van der Waals surface area contributed by atoms with Crippen LogP contribution < -0.4 is 15.8 Å². The number of nitrogens with one attached hydrogen (secondary N) is 1. The highest BCUT2D eigenvalue weighted by molar-refractivity contribution is 5.77. The van der Waals surface area contributed by atoms with Crippen molar-refractivity contribution in [3.63, 3.8) is 0 Å². The number of carbonyl (C=O) groups excluding carboxylic acids is 1. The summed E-state index contributed by atoms with van der Waals surface area (Å²) >= 11 is 0. The predicted molar refractivity (Wildman–Crippen MR) is 81.7 cm³/mol. The molecule has 1 atom stereocenters. The molecule has 3 N–H and O–H groups in total. The van der Waals surface area contributed by atoms with Crippen LogP contribution in [0.15, 0.2) is 24.3 Å². The van der Waals surface area contributed by atoms with Crippen LogP contribution in [0.1, 0.15) is 51.6 Å². The Morgan fingerprint density at radius 2 is 1.75 bits per heavy atom. The molecule has 112 valence electrons. The summed E-state index contributed by atoms with van der Waals surface area (Å²) < 4.78 is 5.47. The molecule has 4 heteroatoms. The maximum absolute atomic E-state index is 11.7. The topological polar surface area (TPSA) is 64.3 Å². The van der Waals surface area contributed by atoms with Gasteiger partial charge < -0.3 is 15.8 Å². The van der Waals surface area contributed by atoms with Crippen molar-refractivity contribution in [2.75, 3.05) is 6.61 Å². The van der Waals surface area contributed by atoms with Gasteiger partial charge in [0.2, 0.25) is 0 Å². The highest BCUT2D eigenvalue weighted by atomic mass is 16.5. The van der Waals surface area contributed by atoms with Gasteiger partial charge in [-0.15, -0.1) is 0 Å². The van der Waals surface area contributed by atoms with Crippen LogP contribution in [0.2, 0.25) is 0 Å². The van der Waals surface area contributed by atoms with Gasteiger partial charge in [0.1, 0.15) is 5.75 Å². The third kappa shape index (κ3) is 5.21. The number of carbonyl (C=O) groups is 1. The van der Waals surface area contributed by atoms with Crippen LogP contribution in [0.4, 0.5) is 0 Å². The molecule has 0 aliphatic heterocycles. The molecule has 1 amide bonds. The lowest BCUT2D eigenvalue weighted by Crippen LogP contribution is -2.37. The van der Waals surface area contributed by atoms with Crippen LogP contribution in [0.25, 0.3) is 0 Å². The quantitative estimate of drug-likeness (QED) is 0.768. The number of hydrogen-bond donors (Lipinski definition) is 2. The molecular weight excluding hydrogens is 252 g/mol. The fraction of sp³-hybridized carbons (Fsp3) is 0.562. The molecular formula is C16H26N2O2. The predicted octanol–water partition coefficient (Wildman–Crippen LogP) is 2.78. The third-order valence-corrected chi connectivity index (χ3v) is 3.47. The average Bonchev–Trinajstić information content (AvgIpc) is 2.50. The molecule has 0 saturated carbocycles. The van der Waals surface area contributed by atoms with E-state index >= 15 is 0 Å². The number of ether oxygens (including phenoxy) is 1. The minimum Gasteiger partial charge on any atom is -0.484 e. The monoisotopic (exact) mass is 278 g/mol. The van der Waals surface area contributed by atoms with Gasteiger partial charge in [-0.2, -0.15) is 0 Å². The maximum Gasteiger partial charge on any atom is 0.258 e. The third-order valence-electron chi connectivity index (χ3n) is 3.47. The number of hydrogen-bond acceptors (Lipinski definition) is 3. The first kappa shape index (κ1) is 16.5. The van der Waals surface area contributed by atoms with Gasteiger partial charge in [0.25, 0.3) is 5.91 Å². The van der Waals surface area contributed by atoms with Crippen molar-refractivity contribution in [3.05, 3.63) is 29.8 Å². The van der Waals surface area contributed by atoms with Gasteiger partial charge in [0, 0.05) is 12.1 Å². The molecule has 0 fully saturated rings. The molecule has 0 saturated heterocycles.